The van der Waals surface area contributed by atoms with Crippen LogP contribution in [0.3, 0.4) is 0 Å². The maximum absolute atomic E-state index is 14.2. The normalized spacial score (nSPS) is 17.7. The van der Waals surface area contributed by atoms with Crippen molar-refractivity contribution in [2.75, 3.05) is 11.4 Å². The molecule has 1 N–H and O–H groups in total. The molecule has 116 valence electrons. The summed E-state index contributed by atoms with van der Waals surface area (Å²) in [5.41, 5.74) is 1.59. The Labute approximate surface area is 131 Å². The molecule has 2 aromatic heterocycles. The minimum atomic E-state index is -0.557. The second-order valence-electron chi connectivity index (χ2n) is 5.43. The molecule has 1 aliphatic rings. The first-order chi connectivity index (χ1) is 11.1. The molecule has 0 saturated carbocycles. The van der Waals surface area contributed by atoms with Crippen molar-refractivity contribution in [1.29, 1.82) is 0 Å². The molecule has 0 aliphatic carbocycles. The SMILES string of the molecule is C=C1NCC(c2c(F)cccc2F)N1c1ccn2ccnc2c1. The largest absolute Gasteiger partial charge is 0.369 e. The van der Waals surface area contributed by atoms with Crippen molar-refractivity contribution in [2.45, 2.75) is 6.04 Å². The summed E-state index contributed by atoms with van der Waals surface area (Å²) in [4.78, 5) is 6.05. The van der Waals surface area contributed by atoms with Crippen LogP contribution in [0.4, 0.5) is 14.5 Å². The van der Waals surface area contributed by atoms with Gasteiger partial charge in [0.05, 0.1) is 11.9 Å². The molecule has 1 aromatic carbocycles. The van der Waals surface area contributed by atoms with Gasteiger partial charge in [-0.15, -0.1) is 0 Å². The lowest BCUT2D eigenvalue weighted by molar-refractivity contribution is 0.532. The Hall–Kier alpha value is -2.89. The van der Waals surface area contributed by atoms with E-state index in [1.807, 2.05) is 28.9 Å². The fourth-order valence-electron chi connectivity index (χ4n) is 3.02. The topological polar surface area (TPSA) is 32.6 Å². The summed E-state index contributed by atoms with van der Waals surface area (Å²) in [5.74, 6) is -0.509. The third-order valence-corrected chi connectivity index (χ3v) is 4.09. The van der Waals surface area contributed by atoms with E-state index in [1.54, 1.807) is 11.1 Å². The van der Waals surface area contributed by atoms with E-state index in [0.29, 0.717) is 12.4 Å². The van der Waals surface area contributed by atoms with Crippen LogP contribution in [0.2, 0.25) is 0 Å². The van der Waals surface area contributed by atoms with Gasteiger partial charge in [-0.2, -0.15) is 0 Å². The molecular weight excluding hydrogens is 298 g/mol. The van der Waals surface area contributed by atoms with Crippen molar-refractivity contribution in [3.8, 4) is 0 Å². The van der Waals surface area contributed by atoms with Gasteiger partial charge in [0.2, 0.25) is 0 Å². The quantitative estimate of drug-likeness (QED) is 0.788. The maximum Gasteiger partial charge on any atom is 0.138 e. The van der Waals surface area contributed by atoms with Crippen LogP contribution >= 0.6 is 0 Å². The standard InChI is InChI=1S/C17H14F2N4/c1-11-21-10-15(17-13(18)3-2-4-14(17)19)23(11)12-5-7-22-8-6-20-16(22)9-12/h2-9,15,21H,1,10H2. The van der Waals surface area contributed by atoms with Crippen LogP contribution in [0.15, 0.2) is 61.3 Å². The van der Waals surface area contributed by atoms with Gasteiger partial charge in [0.15, 0.2) is 0 Å². The molecule has 1 unspecified atom stereocenters. The summed E-state index contributed by atoms with van der Waals surface area (Å²) in [6.07, 6.45) is 5.40. The lowest BCUT2D eigenvalue weighted by Gasteiger charge is -2.26. The summed E-state index contributed by atoms with van der Waals surface area (Å²) in [6.45, 7) is 4.34. The Bertz CT molecular complexity index is 882. The molecule has 1 atom stereocenters. The van der Waals surface area contributed by atoms with E-state index in [0.717, 1.165) is 11.3 Å². The summed E-state index contributed by atoms with van der Waals surface area (Å²) in [5, 5.41) is 3.08. The van der Waals surface area contributed by atoms with E-state index in [4.69, 9.17) is 0 Å². The summed E-state index contributed by atoms with van der Waals surface area (Å²) < 4.78 is 30.2. The zero-order chi connectivity index (χ0) is 16.0. The van der Waals surface area contributed by atoms with E-state index >= 15 is 0 Å². The van der Waals surface area contributed by atoms with Crippen molar-refractivity contribution in [2.24, 2.45) is 0 Å². The van der Waals surface area contributed by atoms with E-state index in [1.165, 1.54) is 18.2 Å². The van der Waals surface area contributed by atoms with Crippen LogP contribution in [0.25, 0.3) is 5.65 Å². The monoisotopic (exact) mass is 312 g/mol. The minimum Gasteiger partial charge on any atom is -0.369 e. The average Bonchev–Trinajstić information content (AvgIpc) is 3.13. The molecule has 0 bridgehead atoms. The number of imidazole rings is 1. The Morgan fingerprint density at radius 1 is 1.17 bits per heavy atom. The van der Waals surface area contributed by atoms with E-state index in [9.17, 15) is 8.78 Å². The number of aromatic nitrogens is 2. The smallest absolute Gasteiger partial charge is 0.138 e. The van der Waals surface area contributed by atoms with Gasteiger partial charge >= 0.3 is 0 Å². The summed E-state index contributed by atoms with van der Waals surface area (Å²) >= 11 is 0. The first kappa shape index (κ1) is 13.8. The first-order valence-electron chi connectivity index (χ1n) is 7.24. The molecule has 23 heavy (non-hydrogen) atoms. The predicted octanol–water partition coefficient (Wildman–Crippen LogP) is 3.23. The van der Waals surface area contributed by atoms with Crippen molar-refractivity contribution in [3.05, 3.63) is 78.5 Å². The van der Waals surface area contributed by atoms with Gasteiger partial charge in [0.1, 0.15) is 17.3 Å². The highest BCUT2D eigenvalue weighted by atomic mass is 19.1. The highest BCUT2D eigenvalue weighted by molar-refractivity contribution is 5.61. The van der Waals surface area contributed by atoms with Crippen LogP contribution in [0.1, 0.15) is 11.6 Å². The number of pyridine rings is 1. The van der Waals surface area contributed by atoms with Crippen LogP contribution in [-0.2, 0) is 0 Å². The first-order valence-corrected chi connectivity index (χ1v) is 7.24. The molecule has 3 aromatic rings. The highest BCUT2D eigenvalue weighted by Crippen LogP contribution is 2.36. The van der Waals surface area contributed by atoms with Gasteiger partial charge in [-0.25, -0.2) is 13.8 Å². The molecule has 0 radical (unpaired) electrons. The van der Waals surface area contributed by atoms with E-state index in [-0.39, 0.29) is 5.56 Å². The van der Waals surface area contributed by atoms with Crippen LogP contribution in [0, 0.1) is 11.6 Å². The zero-order valence-corrected chi connectivity index (χ0v) is 12.2. The van der Waals surface area contributed by atoms with Gasteiger partial charge in [-0.1, -0.05) is 12.6 Å². The van der Waals surface area contributed by atoms with Gasteiger partial charge in [0.25, 0.3) is 0 Å². The van der Waals surface area contributed by atoms with Crippen LogP contribution in [0.5, 0.6) is 0 Å². The van der Waals surface area contributed by atoms with Crippen molar-refractivity contribution >= 4 is 11.3 Å². The van der Waals surface area contributed by atoms with Gasteiger partial charge in [-0.3, -0.25) is 0 Å². The molecule has 3 heterocycles. The number of rotatable bonds is 2. The molecule has 0 amide bonds. The molecule has 1 fully saturated rings. The molecule has 1 saturated heterocycles. The van der Waals surface area contributed by atoms with Gasteiger partial charge in [0, 0.05) is 42.5 Å². The fourth-order valence-corrected chi connectivity index (χ4v) is 3.02. The van der Waals surface area contributed by atoms with E-state index in [2.05, 4.69) is 16.9 Å². The van der Waals surface area contributed by atoms with Gasteiger partial charge in [-0.05, 0) is 18.2 Å². The second kappa shape index (κ2) is 5.08. The number of benzene rings is 1. The Morgan fingerprint density at radius 3 is 2.74 bits per heavy atom. The zero-order valence-electron chi connectivity index (χ0n) is 12.2. The van der Waals surface area contributed by atoms with E-state index < -0.39 is 17.7 Å². The third kappa shape index (κ3) is 2.14. The number of hydrogen-bond donors (Lipinski definition) is 1. The molecule has 0 spiro atoms. The highest BCUT2D eigenvalue weighted by Gasteiger charge is 2.33. The molecular formula is C17H14F2N4. The Morgan fingerprint density at radius 2 is 1.96 bits per heavy atom. The number of halogens is 2. The lowest BCUT2D eigenvalue weighted by Crippen LogP contribution is -2.24. The second-order valence-corrected chi connectivity index (χ2v) is 5.43. The summed E-state index contributed by atoms with van der Waals surface area (Å²) in [7, 11) is 0. The molecule has 6 heteroatoms. The Balaban J connectivity index is 1.82. The number of hydrogen-bond acceptors (Lipinski definition) is 3. The fraction of sp³-hybridized carbons (Fsp3) is 0.118. The van der Waals surface area contributed by atoms with Crippen molar-refractivity contribution < 1.29 is 8.78 Å². The van der Waals surface area contributed by atoms with Crippen molar-refractivity contribution in [1.82, 2.24) is 14.7 Å². The van der Waals surface area contributed by atoms with Crippen LogP contribution < -0.4 is 10.2 Å². The Kier molecular flexibility index (Phi) is 3.04. The molecule has 1 aliphatic heterocycles. The third-order valence-electron chi connectivity index (χ3n) is 4.09. The minimum absolute atomic E-state index is 0.0434. The van der Waals surface area contributed by atoms with Gasteiger partial charge < -0.3 is 14.6 Å². The average molecular weight is 312 g/mol. The number of nitrogens with one attached hydrogen (secondary N) is 1. The lowest BCUT2D eigenvalue weighted by atomic mass is 10.0. The predicted molar refractivity (Wildman–Crippen MR) is 83.9 cm³/mol. The molecule has 4 nitrogen and oxygen atoms in total. The maximum atomic E-state index is 14.2. The number of fused-ring (bicyclic) bond motifs is 1. The summed E-state index contributed by atoms with van der Waals surface area (Å²) in [6, 6.07) is 7.15. The van der Waals surface area contributed by atoms with Crippen molar-refractivity contribution in [3.63, 3.8) is 0 Å². The molecule has 4 rings (SSSR count). The number of nitrogens with zero attached hydrogens (tertiary/aromatic N) is 3. The van der Waals surface area contributed by atoms with Crippen LogP contribution in [-0.4, -0.2) is 15.9 Å². The number of anilines is 1.